The van der Waals surface area contributed by atoms with Gasteiger partial charge in [-0.05, 0) is 55.3 Å². The first-order chi connectivity index (χ1) is 14.3. The van der Waals surface area contributed by atoms with E-state index in [2.05, 4.69) is 4.72 Å². The van der Waals surface area contributed by atoms with E-state index in [-0.39, 0.29) is 22.8 Å². The third-order valence-corrected chi connectivity index (χ3v) is 7.04. The van der Waals surface area contributed by atoms with E-state index in [4.69, 9.17) is 9.15 Å². The molecule has 0 amide bonds. The number of esters is 1. The zero-order valence-corrected chi connectivity index (χ0v) is 18.1. The number of furan rings is 1. The van der Waals surface area contributed by atoms with E-state index < -0.39 is 22.6 Å². The molecule has 0 unspecified atom stereocenters. The zero-order valence-electron chi connectivity index (χ0n) is 16.5. The number of hydrogen-bond donors (Lipinski definition) is 1. The topological polar surface area (TPSA) is 103 Å². The van der Waals surface area contributed by atoms with Crippen LogP contribution < -0.4 is 4.72 Å². The predicted octanol–water partition coefficient (Wildman–Crippen LogP) is 3.73. The van der Waals surface area contributed by atoms with Crippen LogP contribution in [0, 0.1) is 6.92 Å². The number of thiophene rings is 1. The molecule has 30 heavy (non-hydrogen) atoms. The van der Waals surface area contributed by atoms with Crippen LogP contribution >= 0.6 is 11.3 Å². The highest BCUT2D eigenvalue weighted by atomic mass is 32.2. The SMILES string of the molecule is CCc1ccc(C(=O)COC(=O)c2cc(S(=O)(=O)NCc3ccco3)ccc2C)s1. The van der Waals surface area contributed by atoms with Gasteiger partial charge in [-0.25, -0.2) is 17.9 Å². The number of benzene rings is 1. The van der Waals surface area contributed by atoms with Gasteiger partial charge in [-0.15, -0.1) is 11.3 Å². The summed E-state index contributed by atoms with van der Waals surface area (Å²) in [5.41, 5.74) is 0.630. The van der Waals surface area contributed by atoms with Crippen molar-refractivity contribution < 1.29 is 27.2 Å². The molecule has 0 aliphatic rings. The van der Waals surface area contributed by atoms with E-state index in [1.54, 1.807) is 25.1 Å². The Balaban J connectivity index is 1.69. The van der Waals surface area contributed by atoms with Crippen LogP contribution in [-0.4, -0.2) is 26.8 Å². The predicted molar refractivity (Wildman–Crippen MR) is 112 cm³/mol. The van der Waals surface area contributed by atoms with Crippen molar-refractivity contribution in [1.82, 2.24) is 4.72 Å². The van der Waals surface area contributed by atoms with Crippen molar-refractivity contribution in [1.29, 1.82) is 0 Å². The molecule has 0 bridgehead atoms. The van der Waals surface area contributed by atoms with Gasteiger partial charge in [0.05, 0.1) is 28.1 Å². The quantitative estimate of drug-likeness (QED) is 0.396. The summed E-state index contributed by atoms with van der Waals surface area (Å²) in [5.74, 6) is -0.588. The Bertz CT molecular complexity index is 1150. The Morgan fingerprint density at radius 2 is 1.97 bits per heavy atom. The van der Waals surface area contributed by atoms with E-state index >= 15 is 0 Å². The summed E-state index contributed by atoms with van der Waals surface area (Å²) < 4.78 is 37.7. The van der Waals surface area contributed by atoms with Crippen molar-refractivity contribution >= 4 is 33.1 Å². The number of ether oxygens (including phenoxy) is 1. The van der Waals surface area contributed by atoms with Crippen molar-refractivity contribution in [2.75, 3.05) is 6.61 Å². The van der Waals surface area contributed by atoms with Crippen LogP contribution in [0.2, 0.25) is 0 Å². The maximum absolute atomic E-state index is 12.5. The molecule has 0 radical (unpaired) electrons. The van der Waals surface area contributed by atoms with E-state index in [0.717, 1.165) is 11.3 Å². The highest BCUT2D eigenvalue weighted by Crippen LogP contribution is 2.19. The number of carbonyl (C=O) groups is 2. The lowest BCUT2D eigenvalue weighted by Gasteiger charge is -2.10. The van der Waals surface area contributed by atoms with Crippen LogP contribution in [0.3, 0.4) is 0 Å². The average molecular weight is 448 g/mol. The molecule has 0 saturated heterocycles. The van der Waals surface area contributed by atoms with E-state index in [1.165, 1.54) is 35.8 Å². The third-order valence-electron chi connectivity index (χ3n) is 4.38. The fourth-order valence-electron chi connectivity index (χ4n) is 2.65. The van der Waals surface area contributed by atoms with Crippen molar-refractivity contribution in [2.45, 2.75) is 31.7 Å². The van der Waals surface area contributed by atoms with Crippen molar-refractivity contribution in [3.05, 3.63) is 75.4 Å². The number of sulfonamides is 1. The summed E-state index contributed by atoms with van der Waals surface area (Å²) >= 11 is 1.37. The standard InChI is InChI=1S/C21H21NO6S2/c1-3-16-7-9-20(29-16)19(23)13-28-21(24)18-11-17(8-6-14(18)2)30(25,26)22-12-15-5-4-10-27-15/h4-11,22H,3,12-13H2,1-2H3. The molecule has 1 aromatic carbocycles. The van der Waals surface area contributed by atoms with Gasteiger partial charge in [0, 0.05) is 4.88 Å². The molecular weight excluding hydrogens is 426 g/mol. The van der Waals surface area contributed by atoms with Gasteiger partial charge in [0.2, 0.25) is 15.8 Å². The van der Waals surface area contributed by atoms with Gasteiger partial charge in [0.25, 0.3) is 0 Å². The molecule has 1 N–H and O–H groups in total. The molecule has 2 heterocycles. The molecule has 3 aromatic rings. The Kier molecular flexibility index (Phi) is 6.86. The first-order valence-corrected chi connectivity index (χ1v) is 11.5. The van der Waals surface area contributed by atoms with Gasteiger partial charge in [-0.2, -0.15) is 0 Å². The maximum Gasteiger partial charge on any atom is 0.338 e. The molecule has 0 aliphatic carbocycles. The lowest BCUT2D eigenvalue weighted by Crippen LogP contribution is -2.23. The molecule has 0 atom stereocenters. The molecule has 9 heteroatoms. The molecule has 0 saturated carbocycles. The van der Waals surface area contributed by atoms with Crippen LogP contribution in [0.25, 0.3) is 0 Å². The third kappa shape index (κ3) is 5.24. The van der Waals surface area contributed by atoms with Gasteiger partial charge in [-0.3, -0.25) is 4.79 Å². The first kappa shape index (κ1) is 21.9. The number of hydrogen-bond acceptors (Lipinski definition) is 7. The second-order valence-electron chi connectivity index (χ2n) is 6.50. The fourth-order valence-corrected chi connectivity index (χ4v) is 4.54. The number of rotatable bonds is 9. The van der Waals surface area contributed by atoms with Crippen LogP contribution in [0.15, 0.2) is 58.0 Å². The van der Waals surface area contributed by atoms with Gasteiger partial charge >= 0.3 is 5.97 Å². The van der Waals surface area contributed by atoms with Crippen LogP contribution in [-0.2, 0) is 27.7 Å². The molecule has 158 valence electrons. The summed E-state index contributed by atoms with van der Waals surface area (Å²) in [7, 11) is -3.87. The molecular formula is C21H21NO6S2. The number of nitrogens with one attached hydrogen (secondary N) is 1. The minimum atomic E-state index is -3.87. The molecule has 7 nitrogen and oxygen atoms in total. The minimum absolute atomic E-state index is 0.0158. The number of carbonyl (C=O) groups excluding carboxylic acids is 2. The van der Waals surface area contributed by atoms with Gasteiger partial charge in [-0.1, -0.05) is 13.0 Å². The highest BCUT2D eigenvalue weighted by Gasteiger charge is 2.20. The smallest absolute Gasteiger partial charge is 0.338 e. The van der Waals surface area contributed by atoms with Crippen LogP contribution in [0.4, 0.5) is 0 Å². The Hall–Kier alpha value is -2.75. The van der Waals surface area contributed by atoms with Gasteiger partial charge < -0.3 is 9.15 Å². The van der Waals surface area contributed by atoms with E-state index in [0.29, 0.717) is 16.2 Å². The molecule has 2 aromatic heterocycles. The fraction of sp³-hybridized carbons (Fsp3) is 0.238. The lowest BCUT2D eigenvalue weighted by atomic mass is 10.1. The Morgan fingerprint density at radius 3 is 2.63 bits per heavy atom. The molecule has 0 fully saturated rings. The summed E-state index contributed by atoms with van der Waals surface area (Å²) in [6.45, 7) is 3.24. The van der Waals surface area contributed by atoms with E-state index in [1.807, 2.05) is 13.0 Å². The van der Waals surface area contributed by atoms with Crippen LogP contribution in [0.1, 0.15) is 43.2 Å². The number of Topliss-reactive ketones (excluding diaryl/α,β-unsaturated/α-hetero) is 1. The number of ketones is 1. The van der Waals surface area contributed by atoms with Gasteiger partial charge in [0.15, 0.2) is 6.61 Å². The molecule has 0 spiro atoms. The zero-order chi connectivity index (χ0) is 21.7. The van der Waals surface area contributed by atoms with Crippen molar-refractivity contribution in [2.24, 2.45) is 0 Å². The minimum Gasteiger partial charge on any atom is -0.468 e. The highest BCUT2D eigenvalue weighted by molar-refractivity contribution is 7.89. The van der Waals surface area contributed by atoms with E-state index in [9.17, 15) is 18.0 Å². The largest absolute Gasteiger partial charge is 0.468 e. The second-order valence-corrected chi connectivity index (χ2v) is 9.43. The normalized spacial score (nSPS) is 11.4. The molecule has 0 aliphatic heterocycles. The summed E-state index contributed by atoms with van der Waals surface area (Å²) in [5, 5.41) is 0. The second kappa shape index (κ2) is 9.38. The van der Waals surface area contributed by atoms with Crippen molar-refractivity contribution in [3.63, 3.8) is 0 Å². The Labute approximate surface area is 178 Å². The number of aryl methyl sites for hydroxylation is 2. The summed E-state index contributed by atoms with van der Waals surface area (Å²) in [6, 6.07) is 11.1. The maximum atomic E-state index is 12.5. The average Bonchev–Trinajstić information content (AvgIpc) is 3.42. The summed E-state index contributed by atoms with van der Waals surface area (Å²) in [4.78, 5) is 26.2. The van der Waals surface area contributed by atoms with Gasteiger partial charge in [0.1, 0.15) is 5.76 Å². The first-order valence-electron chi connectivity index (χ1n) is 9.22. The van der Waals surface area contributed by atoms with Crippen LogP contribution in [0.5, 0.6) is 0 Å². The van der Waals surface area contributed by atoms with Crippen molar-refractivity contribution in [3.8, 4) is 0 Å². The monoisotopic (exact) mass is 447 g/mol. The summed E-state index contributed by atoms with van der Waals surface area (Å²) in [6.07, 6.45) is 2.27. The Morgan fingerprint density at radius 1 is 1.17 bits per heavy atom. The lowest BCUT2D eigenvalue weighted by molar-refractivity contribution is 0.0475. The molecule has 3 rings (SSSR count).